The number of rotatable bonds is 5. The van der Waals surface area contributed by atoms with Crippen LogP contribution in [0.5, 0.6) is 0 Å². The zero-order valence-electron chi connectivity index (χ0n) is 9.05. The van der Waals surface area contributed by atoms with Crippen molar-refractivity contribution < 1.29 is 13.6 Å². The molecule has 1 aliphatic rings. The van der Waals surface area contributed by atoms with Crippen molar-refractivity contribution in [3.63, 3.8) is 0 Å². The Kier molecular flexibility index (Phi) is 3.51. The van der Waals surface area contributed by atoms with E-state index in [-0.39, 0.29) is 5.41 Å². The maximum absolute atomic E-state index is 5.87. The van der Waals surface area contributed by atoms with Crippen molar-refractivity contribution in [2.45, 2.75) is 26.4 Å². The Morgan fingerprint density at radius 2 is 2.08 bits per heavy atom. The molecule has 13 heavy (non-hydrogen) atoms. The second kappa shape index (κ2) is 4.08. The summed E-state index contributed by atoms with van der Waals surface area (Å²) in [6.45, 7) is 8.84. The van der Waals surface area contributed by atoms with Crippen LogP contribution in [0.3, 0.4) is 0 Å². The van der Waals surface area contributed by atoms with Crippen LogP contribution in [-0.2, 0) is 13.6 Å². The molecule has 0 aliphatic carbocycles. The van der Waals surface area contributed by atoms with E-state index in [0.717, 1.165) is 25.9 Å². The molecular formula is C9H20O3Si. The normalized spacial score (nSPS) is 24.9. The summed E-state index contributed by atoms with van der Waals surface area (Å²) in [5.74, 6) is 0. The SMILES string of the molecule is CC[Si](C)(OC)OCC1(C)COC1. The Bertz CT molecular complexity index is 164. The molecule has 0 spiro atoms. The van der Waals surface area contributed by atoms with Crippen LogP contribution in [-0.4, -0.2) is 35.5 Å². The molecule has 1 aliphatic heterocycles. The molecule has 0 saturated carbocycles. The van der Waals surface area contributed by atoms with Crippen molar-refractivity contribution in [3.8, 4) is 0 Å². The Hall–Kier alpha value is 0.0969. The summed E-state index contributed by atoms with van der Waals surface area (Å²) >= 11 is 0. The molecule has 0 amide bonds. The van der Waals surface area contributed by atoms with Crippen LogP contribution < -0.4 is 0 Å². The summed E-state index contributed by atoms with van der Waals surface area (Å²) in [7, 11) is -0.0997. The summed E-state index contributed by atoms with van der Waals surface area (Å²) in [6.07, 6.45) is 0. The van der Waals surface area contributed by atoms with E-state index in [1.165, 1.54) is 0 Å². The highest BCUT2D eigenvalue weighted by atomic mass is 28.4. The Morgan fingerprint density at radius 1 is 1.46 bits per heavy atom. The summed E-state index contributed by atoms with van der Waals surface area (Å²) in [4.78, 5) is 0. The third kappa shape index (κ3) is 2.77. The van der Waals surface area contributed by atoms with Gasteiger partial charge in [-0.1, -0.05) is 13.8 Å². The summed E-state index contributed by atoms with van der Waals surface area (Å²) < 4.78 is 16.5. The second-order valence-electron chi connectivity index (χ2n) is 4.28. The first kappa shape index (κ1) is 11.2. The van der Waals surface area contributed by atoms with Gasteiger partial charge in [0.15, 0.2) is 0 Å². The van der Waals surface area contributed by atoms with Crippen LogP contribution in [0.1, 0.15) is 13.8 Å². The minimum absolute atomic E-state index is 0.238. The molecule has 0 radical (unpaired) electrons. The monoisotopic (exact) mass is 204 g/mol. The molecule has 78 valence electrons. The van der Waals surface area contributed by atoms with Crippen LogP contribution in [0.2, 0.25) is 12.6 Å². The quantitative estimate of drug-likeness (QED) is 0.639. The fraction of sp³-hybridized carbons (Fsp3) is 1.00. The van der Waals surface area contributed by atoms with Crippen molar-refractivity contribution in [1.29, 1.82) is 0 Å². The molecule has 0 aromatic carbocycles. The van der Waals surface area contributed by atoms with E-state index in [0.29, 0.717) is 0 Å². The largest absolute Gasteiger partial charge is 0.398 e. The van der Waals surface area contributed by atoms with Gasteiger partial charge in [0.2, 0.25) is 0 Å². The topological polar surface area (TPSA) is 27.7 Å². The van der Waals surface area contributed by atoms with E-state index >= 15 is 0 Å². The predicted octanol–water partition coefficient (Wildman–Crippen LogP) is 1.78. The lowest BCUT2D eigenvalue weighted by Gasteiger charge is -2.40. The van der Waals surface area contributed by atoms with E-state index in [4.69, 9.17) is 13.6 Å². The summed E-state index contributed by atoms with van der Waals surface area (Å²) in [5, 5.41) is 0. The van der Waals surface area contributed by atoms with E-state index < -0.39 is 8.56 Å². The minimum Gasteiger partial charge on any atom is -0.398 e. The van der Waals surface area contributed by atoms with Crippen LogP contribution in [0.4, 0.5) is 0 Å². The fourth-order valence-corrected chi connectivity index (χ4v) is 2.43. The molecule has 0 aromatic rings. The number of hydrogen-bond acceptors (Lipinski definition) is 3. The van der Waals surface area contributed by atoms with Crippen LogP contribution in [0.25, 0.3) is 0 Å². The van der Waals surface area contributed by atoms with Gasteiger partial charge in [-0.2, -0.15) is 0 Å². The summed E-state index contributed by atoms with van der Waals surface area (Å²) in [6, 6.07) is 1.00. The zero-order chi connectivity index (χ0) is 9.95. The van der Waals surface area contributed by atoms with Gasteiger partial charge in [0.1, 0.15) is 0 Å². The first-order chi connectivity index (χ1) is 6.04. The van der Waals surface area contributed by atoms with Crippen molar-refractivity contribution >= 4 is 8.56 Å². The minimum atomic E-state index is -1.85. The lowest BCUT2D eigenvalue weighted by Crippen LogP contribution is -2.48. The third-order valence-electron chi connectivity index (χ3n) is 2.70. The van der Waals surface area contributed by atoms with E-state index in [2.05, 4.69) is 20.4 Å². The molecule has 3 nitrogen and oxygen atoms in total. The molecule has 1 rings (SSSR count). The van der Waals surface area contributed by atoms with Gasteiger partial charge in [0.05, 0.1) is 13.2 Å². The molecule has 0 N–H and O–H groups in total. The van der Waals surface area contributed by atoms with Gasteiger partial charge >= 0.3 is 8.56 Å². The second-order valence-corrected chi connectivity index (χ2v) is 7.96. The van der Waals surface area contributed by atoms with Gasteiger partial charge in [0.25, 0.3) is 0 Å². The average Bonchev–Trinajstić information content (AvgIpc) is 2.11. The highest BCUT2D eigenvalue weighted by Crippen LogP contribution is 2.28. The Labute approximate surface area is 81.6 Å². The van der Waals surface area contributed by atoms with Crippen LogP contribution in [0.15, 0.2) is 0 Å². The molecule has 1 heterocycles. The lowest BCUT2D eigenvalue weighted by molar-refractivity contribution is -0.124. The lowest BCUT2D eigenvalue weighted by atomic mass is 9.90. The number of hydrogen-bond donors (Lipinski definition) is 0. The van der Waals surface area contributed by atoms with E-state index in [1.54, 1.807) is 7.11 Å². The third-order valence-corrected chi connectivity index (χ3v) is 5.60. The molecule has 4 heteroatoms. The molecule has 0 bridgehead atoms. The summed E-state index contributed by atoms with van der Waals surface area (Å²) in [5.41, 5.74) is 0.238. The van der Waals surface area contributed by atoms with Crippen molar-refractivity contribution in [2.75, 3.05) is 26.9 Å². The molecule has 1 fully saturated rings. The van der Waals surface area contributed by atoms with Gasteiger partial charge < -0.3 is 13.6 Å². The fourth-order valence-electron chi connectivity index (χ4n) is 1.17. The molecule has 0 aromatic heterocycles. The van der Waals surface area contributed by atoms with E-state index in [1.807, 2.05) is 0 Å². The number of ether oxygens (including phenoxy) is 1. The highest BCUT2D eigenvalue weighted by molar-refractivity contribution is 6.65. The Balaban J connectivity index is 2.31. The van der Waals surface area contributed by atoms with Gasteiger partial charge in [-0.25, -0.2) is 0 Å². The van der Waals surface area contributed by atoms with Crippen molar-refractivity contribution in [2.24, 2.45) is 5.41 Å². The predicted molar refractivity (Wildman–Crippen MR) is 54.0 cm³/mol. The maximum Gasteiger partial charge on any atom is 0.334 e. The Morgan fingerprint density at radius 3 is 2.38 bits per heavy atom. The van der Waals surface area contributed by atoms with E-state index in [9.17, 15) is 0 Å². The molecule has 1 saturated heterocycles. The van der Waals surface area contributed by atoms with Gasteiger partial charge in [0, 0.05) is 19.1 Å². The standard InChI is InChI=1S/C9H20O3Si/c1-5-13(4,10-3)12-8-9(2)6-11-7-9/h5-8H2,1-4H3. The first-order valence-corrected chi connectivity index (χ1v) is 7.33. The van der Waals surface area contributed by atoms with Gasteiger partial charge in [-0.3, -0.25) is 0 Å². The smallest absolute Gasteiger partial charge is 0.334 e. The van der Waals surface area contributed by atoms with Crippen LogP contribution >= 0.6 is 0 Å². The maximum atomic E-state index is 5.87. The molecule has 1 atom stereocenters. The van der Waals surface area contributed by atoms with Gasteiger partial charge in [-0.05, 0) is 12.6 Å². The van der Waals surface area contributed by atoms with Gasteiger partial charge in [-0.15, -0.1) is 0 Å². The first-order valence-electron chi connectivity index (χ1n) is 4.80. The van der Waals surface area contributed by atoms with Crippen molar-refractivity contribution in [1.82, 2.24) is 0 Å². The average molecular weight is 204 g/mol. The highest BCUT2D eigenvalue weighted by Gasteiger charge is 2.37. The van der Waals surface area contributed by atoms with Crippen molar-refractivity contribution in [3.05, 3.63) is 0 Å². The van der Waals surface area contributed by atoms with Crippen LogP contribution in [0, 0.1) is 5.41 Å². The zero-order valence-corrected chi connectivity index (χ0v) is 10.1. The molecular weight excluding hydrogens is 184 g/mol. The molecule has 1 unspecified atom stereocenters.